The van der Waals surface area contributed by atoms with Crippen LogP contribution in [0.5, 0.6) is 0 Å². The van der Waals surface area contributed by atoms with Gasteiger partial charge in [0.25, 0.3) is 0 Å². The van der Waals surface area contributed by atoms with Crippen molar-refractivity contribution < 1.29 is 39.9 Å². The molecule has 1 aliphatic heterocycles. The Kier molecular flexibility index (Phi) is 13.2. The van der Waals surface area contributed by atoms with Crippen molar-refractivity contribution in [3.8, 4) is 0 Å². The number of aliphatic hydroxyl groups is 4. The minimum absolute atomic E-state index is 0.279. The van der Waals surface area contributed by atoms with E-state index in [0.717, 1.165) is 44.9 Å². The lowest BCUT2D eigenvalue weighted by molar-refractivity contribution is -0.150. The van der Waals surface area contributed by atoms with Gasteiger partial charge in [0.1, 0.15) is 6.10 Å². The van der Waals surface area contributed by atoms with E-state index in [0.29, 0.717) is 6.42 Å². The number of carboxylic acid groups (broad SMARTS) is 1. The minimum Gasteiger partial charge on any atom is -0.505 e. The molecule has 0 aliphatic carbocycles. The number of carbonyl (C=O) groups is 2. The molecule has 8 nitrogen and oxygen atoms in total. The van der Waals surface area contributed by atoms with Gasteiger partial charge in [-0.1, -0.05) is 77.0 Å². The van der Waals surface area contributed by atoms with Crippen LogP contribution < -0.4 is 0 Å². The molecular weight excluding hydrogens is 392 g/mol. The van der Waals surface area contributed by atoms with E-state index in [1.165, 1.54) is 38.5 Å². The van der Waals surface area contributed by atoms with E-state index in [4.69, 9.17) is 5.11 Å². The number of hydrogen-bond acceptors (Lipinski definition) is 7. The van der Waals surface area contributed by atoms with E-state index < -0.39 is 41.8 Å². The third kappa shape index (κ3) is 10.3. The van der Waals surface area contributed by atoms with Gasteiger partial charge in [-0.3, -0.25) is 4.79 Å². The first kappa shape index (κ1) is 26.2. The van der Waals surface area contributed by atoms with Crippen LogP contribution in [-0.4, -0.2) is 55.8 Å². The summed E-state index contributed by atoms with van der Waals surface area (Å²) in [5, 5.41) is 47.3. The molecule has 30 heavy (non-hydrogen) atoms. The van der Waals surface area contributed by atoms with E-state index in [1.54, 1.807) is 0 Å². The Labute approximate surface area is 178 Å². The third-order valence-corrected chi connectivity index (χ3v) is 5.53. The van der Waals surface area contributed by atoms with Crippen LogP contribution in [0.1, 0.15) is 96.3 Å². The Hall–Kier alpha value is -1.80. The Morgan fingerprint density at radius 2 is 1.23 bits per heavy atom. The maximum Gasteiger partial charge on any atom is 0.377 e. The average Bonchev–Trinajstić information content (AvgIpc) is 2.97. The SMILES string of the molecule is O=C(O)CCCCCCCCCCCCCCCC(O)[C@H](O)[C@H]1OC(=O)C(O)=C1O. The predicted octanol–water partition coefficient (Wildman–Crippen LogP) is 3.90. The van der Waals surface area contributed by atoms with E-state index in [1.807, 2.05) is 0 Å². The number of hydrogen-bond donors (Lipinski definition) is 5. The quantitative estimate of drug-likeness (QED) is 0.163. The van der Waals surface area contributed by atoms with Crippen LogP contribution in [0.4, 0.5) is 0 Å². The Bertz CT molecular complexity index is 545. The zero-order valence-electron chi connectivity index (χ0n) is 17.8. The van der Waals surface area contributed by atoms with Gasteiger partial charge in [-0.25, -0.2) is 4.79 Å². The number of ether oxygens (including phenoxy) is 1. The smallest absolute Gasteiger partial charge is 0.377 e. The van der Waals surface area contributed by atoms with Gasteiger partial charge in [0.05, 0.1) is 6.10 Å². The van der Waals surface area contributed by atoms with Gasteiger partial charge in [-0.2, -0.15) is 0 Å². The highest BCUT2D eigenvalue weighted by Crippen LogP contribution is 2.24. The second-order valence-corrected chi connectivity index (χ2v) is 8.15. The van der Waals surface area contributed by atoms with E-state index in [9.17, 15) is 30.0 Å². The Morgan fingerprint density at radius 1 is 0.800 bits per heavy atom. The molecule has 1 rings (SSSR count). The van der Waals surface area contributed by atoms with Crippen molar-refractivity contribution in [2.45, 2.75) is 115 Å². The number of cyclic esters (lactones) is 1. The predicted molar refractivity (Wildman–Crippen MR) is 111 cm³/mol. The van der Waals surface area contributed by atoms with Crippen LogP contribution in [-0.2, 0) is 14.3 Å². The van der Waals surface area contributed by atoms with Gasteiger partial charge >= 0.3 is 11.9 Å². The summed E-state index contributed by atoms with van der Waals surface area (Å²) in [6.45, 7) is 0. The molecule has 0 bridgehead atoms. The Balaban J connectivity index is 1.90. The molecule has 0 spiro atoms. The second-order valence-electron chi connectivity index (χ2n) is 8.15. The molecule has 0 amide bonds. The zero-order valence-corrected chi connectivity index (χ0v) is 17.8. The summed E-state index contributed by atoms with van der Waals surface area (Å²) in [4.78, 5) is 21.5. The van der Waals surface area contributed by atoms with Crippen LogP contribution in [0.25, 0.3) is 0 Å². The molecule has 0 radical (unpaired) electrons. The van der Waals surface area contributed by atoms with Crippen molar-refractivity contribution in [3.63, 3.8) is 0 Å². The molecule has 174 valence electrons. The average molecular weight is 431 g/mol. The summed E-state index contributed by atoms with van der Waals surface area (Å²) in [5.41, 5.74) is 0. The van der Waals surface area contributed by atoms with Gasteiger partial charge in [0.15, 0.2) is 11.9 Å². The highest BCUT2D eigenvalue weighted by Gasteiger charge is 2.41. The maximum absolute atomic E-state index is 11.1. The largest absolute Gasteiger partial charge is 0.505 e. The zero-order chi connectivity index (χ0) is 22.4. The lowest BCUT2D eigenvalue weighted by Gasteiger charge is -2.22. The molecule has 0 saturated carbocycles. The summed E-state index contributed by atoms with van der Waals surface area (Å²) in [6, 6.07) is 0. The summed E-state index contributed by atoms with van der Waals surface area (Å²) in [7, 11) is 0. The number of rotatable bonds is 18. The second kappa shape index (κ2) is 15.1. The van der Waals surface area contributed by atoms with E-state index in [2.05, 4.69) is 4.74 Å². The normalized spacial score (nSPS) is 18.5. The van der Waals surface area contributed by atoms with Crippen molar-refractivity contribution in [2.24, 2.45) is 0 Å². The summed E-state index contributed by atoms with van der Waals surface area (Å²) in [5.74, 6) is -3.45. The standard InChI is InChI=1S/C22H38O8/c23-16(18(26)21-19(27)20(28)22(29)30-21)14-12-10-8-6-4-2-1-3-5-7-9-11-13-15-17(24)25/h16,18,21,23,26-28H,1-15H2,(H,24,25)/t16?,18-,21+/m0/s1. The fourth-order valence-electron chi connectivity index (χ4n) is 3.64. The van der Waals surface area contributed by atoms with Crippen molar-refractivity contribution in [2.75, 3.05) is 0 Å². The number of aliphatic hydroxyl groups excluding tert-OH is 4. The number of unbranched alkanes of at least 4 members (excludes halogenated alkanes) is 12. The minimum atomic E-state index is -1.46. The van der Waals surface area contributed by atoms with Crippen LogP contribution >= 0.6 is 0 Å². The molecule has 8 heteroatoms. The first-order valence-corrected chi connectivity index (χ1v) is 11.3. The monoisotopic (exact) mass is 430 g/mol. The molecule has 0 saturated heterocycles. The topological polar surface area (TPSA) is 145 Å². The molecule has 0 aromatic carbocycles. The van der Waals surface area contributed by atoms with Crippen molar-refractivity contribution in [1.29, 1.82) is 0 Å². The van der Waals surface area contributed by atoms with Crippen molar-refractivity contribution >= 4 is 11.9 Å². The van der Waals surface area contributed by atoms with Crippen molar-refractivity contribution in [3.05, 3.63) is 11.5 Å². The fraction of sp³-hybridized carbons (Fsp3) is 0.818. The van der Waals surface area contributed by atoms with Gasteiger partial charge in [-0.15, -0.1) is 0 Å². The molecule has 1 heterocycles. The lowest BCUT2D eigenvalue weighted by Crippen LogP contribution is -2.39. The molecule has 5 N–H and O–H groups in total. The highest BCUT2D eigenvalue weighted by molar-refractivity contribution is 5.89. The molecular formula is C22H38O8. The maximum atomic E-state index is 11.1. The number of aliphatic carboxylic acids is 1. The highest BCUT2D eigenvalue weighted by atomic mass is 16.6. The van der Waals surface area contributed by atoms with Gasteiger partial charge in [-0.05, 0) is 12.8 Å². The van der Waals surface area contributed by atoms with Crippen LogP contribution in [0, 0.1) is 0 Å². The molecule has 1 unspecified atom stereocenters. The molecule has 0 fully saturated rings. The van der Waals surface area contributed by atoms with Gasteiger partial charge in [0, 0.05) is 6.42 Å². The molecule has 0 aromatic rings. The summed E-state index contributed by atoms with van der Waals surface area (Å²) >= 11 is 0. The molecule has 3 atom stereocenters. The van der Waals surface area contributed by atoms with Crippen LogP contribution in [0.2, 0.25) is 0 Å². The molecule has 1 aliphatic rings. The first-order valence-electron chi connectivity index (χ1n) is 11.3. The third-order valence-electron chi connectivity index (χ3n) is 5.53. The van der Waals surface area contributed by atoms with Crippen LogP contribution in [0.15, 0.2) is 11.5 Å². The molecule has 0 aromatic heterocycles. The van der Waals surface area contributed by atoms with Gasteiger partial charge in [0.2, 0.25) is 5.76 Å². The Morgan fingerprint density at radius 3 is 1.63 bits per heavy atom. The number of carbonyl (C=O) groups excluding carboxylic acids is 1. The van der Waals surface area contributed by atoms with Gasteiger partial charge < -0.3 is 30.3 Å². The van der Waals surface area contributed by atoms with Crippen molar-refractivity contribution in [1.82, 2.24) is 0 Å². The van der Waals surface area contributed by atoms with Crippen LogP contribution in [0.3, 0.4) is 0 Å². The van der Waals surface area contributed by atoms with E-state index in [-0.39, 0.29) is 6.42 Å². The first-order chi connectivity index (χ1) is 14.3. The summed E-state index contributed by atoms with van der Waals surface area (Å²) in [6.07, 6.45) is 10.6. The lowest BCUT2D eigenvalue weighted by atomic mass is 10.00. The fourth-order valence-corrected chi connectivity index (χ4v) is 3.64. The van der Waals surface area contributed by atoms with E-state index >= 15 is 0 Å². The summed E-state index contributed by atoms with van der Waals surface area (Å²) < 4.78 is 4.66. The number of carboxylic acids is 1. The number of esters is 1.